The highest BCUT2D eigenvalue weighted by Crippen LogP contribution is 2.23. The molecule has 0 unspecified atom stereocenters. The lowest BCUT2D eigenvalue weighted by Gasteiger charge is -2.09. The van der Waals surface area contributed by atoms with Crippen LogP contribution in [0.2, 0.25) is 5.02 Å². The van der Waals surface area contributed by atoms with Crippen LogP contribution in [-0.2, 0) is 19.1 Å². The molecule has 0 aliphatic carbocycles. The van der Waals surface area contributed by atoms with Crippen molar-refractivity contribution in [3.63, 3.8) is 0 Å². The highest BCUT2D eigenvalue weighted by molar-refractivity contribution is 6.31. The van der Waals surface area contributed by atoms with Gasteiger partial charge in [-0.15, -0.1) is 0 Å². The van der Waals surface area contributed by atoms with Crippen LogP contribution in [0.3, 0.4) is 0 Å². The van der Waals surface area contributed by atoms with Gasteiger partial charge in [-0.25, -0.2) is 0 Å². The molecule has 0 aliphatic rings. The van der Waals surface area contributed by atoms with Gasteiger partial charge in [-0.2, -0.15) is 0 Å². The standard InChI is InChI=1S/C24H23ClN2O4/c1-16-12-13-18(14-20(16)25)26-22(28)10-5-11-24(30)31-15-23(29)27-21-9-4-7-17-6-2-3-8-19(17)21/h2-4,6-9,12-14H,5,10-11,15H2,1H3,(H,26,28)(H,27,29). The van der Waals surface area contributed by atoms with E-state index < -0.39 is 11.9 Å². The summed E-state index contributed by atoms with van der Waals surface area (Å²) < 4.78 is 5.02. The summed E-state index contributed by atoms with van der Waals surface area (Å²) in [4.78, 5) is 36.0. The number of hydrogen-bond donors (Lipinski definition) is 2. The summed E-state index contributed by atoms with van der Waals surface area (Å²) in [7, 11) is 0. The quantitative estimate of drug-likeness (QED) is 0.479. The number of amides is 2. The van der Waals surface area contributed by atoms with E-state index >= 15 is 0 Å². The van der Waals surface area contributed by atoms with Gasteiger partial charge in [0, 0.05) is 34.6 Å². The molecule has 3 rings (SSSR count). The molecule has 0 radical (unpaired) electrons. The van der Waals surface area contributed by atoms with Crippen LogP contribution in [-0.4, -0.2) is 24.4 Å². The summed E-state index contributed by atoms with van der Waals surface area (Å²) in [5.41, 5.74) is 2.19. The molecule has 0 heterocycles. The van der Waals surface area contributed by atoms with E-state index in [2.05, 4.69) is 10.6 Å². The van der Waals surface area contributed by atoms with E-state index in [4.69, 9.17) is 16.3 Å². The minimum Gasteiger partial charge on any atom is -0.456 e. The van der Waals surface area contributed by atoms with Crippen LogP contribution in [0.4, 0.5) is 11.4 Å². The zero-order valence-electron chi connectivity index (χ0n) is 17.1. The molecule has 3 aromatic carbocycles. The first-order valence-electron chi connectivity index (χ1n) is 9.91. The number of benzene rings is 3. The zero-order chi connectivity index (χ0) is 22.2. The molecular weight excluding hydrogens is 416 g/mol. The molecule has 0 spiro atoms. The fourth-order valence-electron chi connectivity index (χ4n) is 3.03. The summed E-state index contributed by atoms with van der Waals surface area (Å²) in [6.45, 7) is 1.50. The largest absolute Gasteiger partial charge is 0.456 e. The van der Waals surface area contributed by atoms with Crippen LogP contribution in [0.1, 0.15) is 24.8 Å². The number of rotatable bonds is 8. The minimum atomic E-state index is -0.528. The molecule has 0 fully saturated rings. The smallest absolute Gasteiger partial charge is 0.306 e. The molecule has 160 valence electrons. The van der Waals surface area contributed by atoms with Gasteiger partial charge < -0.3 is 15.4 Å². The SMILES string of the molecule is Cc1ccc(NC(=O)CCCC(=O)OCC(=O)Nc2cccc3ccccc23)cc1Cl. The molecule has 2 N–H and O–H groups in total. The van der Waals surface area contributed by atoms with Crippen molar-refractivity contribution in [3.05, 3.63) is 71.2 Å². The predicted octanol–water partition coefficient (Wildman–Crippen LogP) is 5.09. The molecule has 7 heteroatoms. The van der Waals surface area contributed by atoms with Crippen molar-refractivity contribution in [2.75, 3.05) is 17.2 Å². The number of fused-ring (bicyclic) bond motifs is 1. The maximum absolute atomic E-state index is 12.1. The number of carbonyl (C=O) groups is 3. The van der Waals surface area contributed by atoms with Gasteiger partial charge in [0.05, 0.1) is 0 Å². The Balaban J connectivity index is 1.38. The third-order valence-corrected chi connectivity index (χ3v) is 5.08. The van der Waals surface area contributed by atoms with Gasteiger partial charge in [-0.3, -0.25) is 14.4 Å². The Labute approximate surface area is 185 Å². The molecule has 0 saturated heterocycles. The van der Waals surface area contributed by atoms with Gasteiger partial charge >= 0.3 is 5.97 Å². The molecule has 31 heavy (non-hydrogen) atoms. The predicted molar refractivity (Wildman–Crippen MR) is 122 cm³/mol. The van der Waals surface area contributed by atoms with E-state index in [1.807, 2.05) is 49.4 Å². The lowest BCUT2D eigenvalue weighted by molar-refractivity contribution is -0.147. The molecule has 6 nitrogen and oxygen atoms in total. The fourth-order valence-corrected chi connectivity index (χ4v) is 3.21. The summed E-state index contributed by atoms with van der Waals surface area (Å²) in [6.07, 6.45) is 0.515. The number of carbonyl (C=O) groups excluding carboxylic acids is 3. The van der Waals surface area contributed by atoms with Crippen LogP contribution in [0, 0.1) is 6.92 Å². The van der Waals surface area contributed by atoms with Gasteiger partial charge in [0.2, 0.25) is 5.91 Å². The van der Waals surface area contributed by atoms with Gasteiger partial charge in [-0.05, 0) is 42.5 Å². The second-order valence-corrected chi connectivity index (χ2v) is 7.51. The second kappa shape index (κ2) is 10.6. The summed E-state index contributed by atoms with van der Waals surface area (Å²) in [6, 6.07) is 18.5. The van der Waals surface area contributed by atoms with E-state index in [1.165, 1.54) is 0 Å². The van der Waals surface area contributed by atoms with Crippen LogP contribution in [0.5, 0.6) is 0 Å². The third-order valence-electron chi connectivity index (χ3n) is 4.67. The van der Waals surface area contributed by atoms with Crippen LogP contribution in [0.25, 0.3) is 10.8 Å². The lowest BCUT2D eigenvalue weighted by Crippen LogP contribution is -2.21. The highest BCUT2D eigenvalue weighted by atomic mass is 35.5. The molecule has 0 atom stereocenters. The van der Waals surface area contributed by atoms with Crippen LogP contribution >= 0.6 is 11.6 Å². The first-order chi connectivity index (χ1) is 14.9. The Morgan fingerprint density at radius 1 is 0.903 bits per heavy atom. The average Bonchev–Trinajstić information content (AvgIpc) is 2.75. The van der Waals surface area contributed by atoms with Crippen molar-refractivity contribution in [2.24, 2.45) is 0 Å². The number of halogens is 1. The molecule has 0 bridgehead atoms. The normalized spacial score (nSPS) is 10.5. The monoisotopic (exact) mass is 438 g/mol. The van der Waals surface area contributed by atoms with Gasteiger partial charge in [-0.1, -0.05) is 54.1 Å². The zero-order valence-corrected chi connectivity index (χ0v) is 17.9. The average molecular weight is 439 g/mol. The van der Waals surface area contributed by atoms with E-state index in [0.29, 0.717) is 22.8 Å². The van der Waals surface area contributed by atoms with Gasteiger partial charge in [0.25, 0.3) is 5.91 Å². The highest BCUT2D eigenvalue weighted by Gasteiger charge is 2.11. The Morgan fingerprint density at radius 3 is 2.48 bits per heavy atom. The van der Waals surface area contributed by atoms with Crippen molar-refractivity contribution in [1.82, 2.24) is 0 Å². The number of anilines is 2. The van der Waals surface area contributed by atoms with Crippen molar-refractivity contribution in [3.8, 4) is 0 Å². The van der Waals surface area contributed by atoms with E-state index in [0.717, 1.165) is 16.3 Å². The van der Waals surface area contributed by atoms with Crippen molar-refractivity contribution < 1.29 is 19.1 Å². The second-order valence-electron chi connectivity index (χ2n) is 7.10. The first-order valence-corrected chi connectivity index (χ1v) is 10.3. The first kappa shape index (κ1) is 22.3. The van der Waals surface area contributed by atoms with E-state index in [1.54, 1.807) is 18.2 Å². The van der Waals surface area contributed by atoms with Gasteiger partial charge in [0.1, 0.15) is 0 Å². The lowest BCUT2D eigenvalue weighted by atomic mass is 10.1. The molecule has 0 aliphatic heterocycles. The number of esters is 1. The van der Waals surface area contributed by atoms with Crippen molar-refractivity contribution in [1.29, 1.82) is 0 Å². The van der Waals surface area contributed by atoms with Crippen LogP contribution in [0.15, 0.2) is 60.7 Å². The molecule has 2 amide bonds. The maximum atomic E-state index is 12.1. The Bertz CT molecular complexity index is 1110. The summed E-state index contributed by atoms with van der Waals surface area (Å²) in [5.74, 6) is -1.17. The van der Waals surface area contributed by atoms with Crippen molar-refractivity contribution >= 4 is 51.5 Å². The van der Waals surface area contributed by atoms with Crippen LogP contribution < -0.4 is 10.6 Å². The topological polar surface area (TPSA) is 84.5 Å². The number of nitrogens with one attached hydrogen (secondary N) is 2. The molecule has 0 aromatic heterocycles. The van der Waals surface area contributed by atoms with E-state index in [-0.39, 0.29) is 25.4 Å². The summed E-state index contributed by atoms with van der Waals surface area (Å²) in [5, 5.41) is 7.98. The fraction of sp³-hybridized carbons (Fsp3) is 0.208. The molecule has 3 aromatic rings. The van der Waals surface area contributed by atoms with Crippen molar-refractivity contribution in [2.45, 2.75) is 26.2 Å². The summed E-state index contributed by atoms with van der Waals surface area (Å²) >= 11 is 6.04. The Morgan fingerprint density at radius 2 is 1.68 bits per heavy atom. The third kappa shape index (κ3) is 6.55. The minimum absolute atomic E-state index is 0.0453. The van der Waals surface area contributed by atoms with E-state index in [9.17, 15) is 14.4 Å². The Hall–Kier alpha value is -3.38. The molecule has 0 saturated carbocycles. The number of aryl methyl sites for hydroxylation is 1. The maximum Gasteiger partial charge on any atom is 0.306 e. The Kier molecular flexibility index (Phi) is 7.62. The molecular formula is C24H23ClN2O4. The van der Waals surface area contributed by atoms with Gasteiger partial charge in [0.15, 0.2) is 6.61 Å². The number of ether oxygens (including phenoxy) is 1. The number of hydrogen-bond acceptors (Lipinski definition) is 4.